The van der Waals surface area contributed by atoms with Gasteiger partial charge in [0.05, 0.1) is 19.7 Å². The van der Waals surface area contributed by atoms with Gasteiger partial charge in [-0.3, -0.25) is 14.6 Å². The lowest BCUT2D eigenvalue weighted by atomic mass is 10.0. The number of piperazine rings is 1. The van der Waals surface area contributed by atoms with E-state index in [1.165, 1.54) is 16.7 Å². The second-order valence-corrected chi connectivity index (χ2v) is 8.03. The van der Waals surface area contributed by atoms with Gasteiger partial charge < -0.3 is 10.1 Å². The Balaban J connectivity index is 1.42. The van der Waals surface area contributed by atoms with E-state index in [1.54, 1.807) is 7.11 Å². The summed E-state index contributed by atoms with van der Waals surface area (Å²) in [6, 6.07) is 14.7. The van der Waals surface area contributed by atoms with Gasteiger partial charge in [0.25, 0.3) is 0 Å². The Morgan fingerprint density at radius 3 is 2.28 bits per heavy atom. The van der Waals surface area contributed by atoms with Crippen molar-refractivity contribution in [2.45, 2.75) is 33.4 Å². The zero-order valence-corrected chi connectivity index (χ0v) is 18.1. The van der Waals surface area contributed by atoms with Crippen LogP contribution in [0.5, 0.6) is 5.75 Å². The minimum atomic E-state index is 0.0261. The van der Waals surface area contributed by atoms with Gasteiger partial charge in [-0.1, -0.05) is 30.3 Å². The van der Waals surface area contributed by atoms with Gasteiger partial charge in [-0.25, -0.2) is 0 Å². The lowest BCUT2D eigenvalue weighted by Crippen LogP contribution is -2.49. The molecule has 0 bridgehead atoms. The molecule has 5 nitrogen and oxygen atoms in total. The summed E-state index contributed by atoms with van der Waals surface area (Å²) < 4.78 is 5.22. The Labute approximate surface area is 174 Å². The van der Waals surface area contributed by atoms with E-state index in [0.29, 0.717) is 6.54 Å². The van der Waals surface area contributed by atoms with E-state index in [2.05, 4.69) is 66.2 Å². The van der Waals surface area contributed by atoms with Crippen molar-refractivity contribution in [2.24, 2.45) is 0 Å². The summed E-state index contributed by atoms with van der Waals surface area (Å²) in [4.78, 5) is 17.2. The topological polar surface area (TPSA) is 44.8 Å². The maximum absolute atomic E-state index is 12.5. The van der Waals surface area contributed by atoms with E-state index >= 15 is 0 Å². The van der Waals surface area contributed by atoms with Crippen molar-refractivity contribution in [2.75, 3.05) is 39.8 Å². The fourth-order valence-electron chi connectivity index (χ4n) is 3.70. The van der Waals surface area contributed by atoms with E-state index in [0.717, 1.165) is 44.0 Å². The van der Waals surface area contributed by atoms with Crippen LogP contribution in [0.15, 0.2) is 42.5 Å². The highest BCUT2D eigenvalue weighted by atomic mass is 16.5. The predicted octanol–water partition coefficient (Wildman–Crippen LogP) is 3.31. The van der Waals surface area contributed by atoms with Gasteiger partial charge in [0, 0.05) is 32.7 Å². The molecule has 2 aromatic carbocycles. The first kappa shape index (κ1) is 21.3. The molecule has 1 aliphatic heterocycles. The van der Waals surface area contributed by atoms with Gasteiger partial charge in [0.1, 0.15) is 5.75 Å². The number of aryl methyl sites for hydroxylation is 2. The summed E-state index contributed by atoms with van der Waals surface area (Å²) in [5.74, 6) is 0.985. The average Bonchev–Trinajstić information content (AvgIpc) is 2.72. The Kier molecular flexibility index (Phi) is 7.29. The molecule has 5 heteroatoms. The van der Waals surface area contributed by atoms with Crippen LogP contribution in [0.4, 0.5) is 0 Å². The summed E-state index contributed by atoms with van der Waals surface area (Å²) >= 11 is 0. The number of amides is 1. The minimum Gasteiger partial charge on any atom is -0.497 e. The number of carbonyl (C=O) groups excluding carboxylic acids is 1. The van der Waals surface area contributed by atoms with Crippen molar-refractivity contribution >= 4 is 5.91 Å². The zero-order valence-electron chi connectivity index (χ0n) is 18.1. The van der Waals surface area contributed by atoms with Gasteiger partial charge in [-0.05, 0) is 55.2 Å². The van der Waals surface area contributed by atoms with Gasteiger partial charge in [0.15, 0.2) is 0 Å². The Bertz CT molecular complexity index is 811. The van der Waals surface area contributed by atoms with Crippen LogP contribution in [0.1, 0.15) is 35.2 Å². The molecule has 3 rings (SSSR count). The fraction of sp³-hybridized carbons (Fsp3) is 0.458. The summed E-state index contributed by atoms with van der Waals surface area (Å²) in [6.45, 7) is 11.5. The van der Waals surface area contributed by atoms with E-state index < -0.39 is 0 Å². The third kappa shape index (κ3) is 6.05. The second kappa shape index (κ2) is 9.90. The van der Waals surface area contributed by atoms with Crippen molar-refractivity contribution in [1.82, 2.24) is 15.1 Å². The third-order valence-electron chi connectivity index (χ3n) is 5.81. The summed E-state index contributed by atoms with van der Waals surface area (Å²) in [6.07, 6.45) is 0. The molecule has 1 amide bonds. The molecule has 0 spiro atoms. The zero-order chi connectivity index (χ0) is 20.8. The molecule has 0 radical (unpaired) electrons. The Morgan fingerprint density at radius 1 is 1.00 bits per heavy atom. The van der Waals surface area contributed by atoms with Crippen molar-refractivity contribution in [1.29, 1.82) is 0 Å². The number of ether oxygens (including phenoxy) is 1. The van der Waals surface area contributed by atoms with E-state index in [1.807, 2.05) is 12.1 Å². The quantitative estimate of drug-likeness (QED) is 0.781. The molecule has 156 valence electrons. The molecule has 0 unspecified atom stereocenters. The van der Waals surface area contributed by atoms with E-state index in [-0.39, 0.29) is 11.9 Å². The van der Waals surface area contributed by atoms with Gasteiger partial charge in [0.2, 0.25) is 5.91 Å². The molecular formula is C24H33N3O2. The summed E-state index contributed by atoms with van der Waals surface area (Å²) in [7, 11) is 1.69. The van der Waals surface area contributed by atoms with Crippen LogP contribution in [0.2, 0.25) is 0 Å². The number of rotatable bonds is 7. The molecule has 1 saturated heterocycles. The van der Waals surface area contributed by atoms with Crippen LogP contribution in [-0.4, -0.2) is 55.5 Å². The van der Waals surface area contributed by atoms with Crippen molar-refractivity contribution in [3.8, 4) is 5.75 Å². The highest BCUT2D eigenvalue weighted by Gasteiger charge is 2.20. The number of hydrogen-bond donors (Lipinski definition) is 1. The number of nitrogens with one attached hydrogen (secondary N) is 1. The van der Waals surface area contributed by atoms with Crippen LogP contribution >= 0.6 is 0 Å². The number of methoxy groups -OCH3 is 1. The SMILES string of the molecule is COc1ccc(CN2CCN(CC(=O)N[C@H](C)c3ccc(C)c(C)c3)CC2)cc1. The fourth-order valence-corrected chi connectivity index (χ4v) is 3.70. The minimum absolute atomic E-state index is 0.0261. The van der Waals surface area contributed by atoms with Gasteiger partial charge in [-0.15, -0.1) is 0 Å². The molecular weight excluding hydrogens is 362 g/mol. The van der Waals surface area contributed by atoms with E-state index in [4.69, 9.17) is 4.74 Å². The highest BCUT2D eigenvalue weighted by Crippen LogP contribution is 2.17. The monoisotopic (exact) mass is 395 g/mol. The van der Waals surface area contributed by atoms with Crippen LogP contribution in [0.3, 0.4) is 0 Å². The highest BCUT2D eigenvalue weighted by molar-refractivity contribution is 5.78. The average molecular weight is 396 g/mol. The van der Waals surface area contributed by atoms with Crippen molar-refractivity contribution < 1.29 is 9.53 Å². The third-order valence-corrected chi connectivity index (χ3v) is 5.81. The number of carbonyl (C=O) groups is 1. The summed E-state index contributed by atoms with van der Waals surface area (Å²) in [5.41, 5.74) is 4.99. The molecule has 1 N–H and O–H groups in total. The van der Waals surface area contributed by atoms with Gasteiger partial charge in [-0.2, -0.15) is 0 Å². The van der Waals surface area contributed by atoms with Crippen LogP contribution in [0, 0.1) is 13.8 Å². The number of hydrogen-bond acceptors (Lipinski definition) is 4. The predicted molar refractivity (Wildman–Crippen MR) is 117 cm³/mol. The van der Waals surface area contributed by atoms with Crippen molar-refractivity contribution in [3.05, 3.63) is 64.7 Å². The van der Waals surface area contributed by atoms with Crippen LogP contribution in [0.25, 0.3) is 0 Å². The van der Waals surface area contributed by atoms with Gasteiger partial charge >= 0.3 is 0 Å². The summed E-state index contributed by atoms with van der Waals surface area (Å²) in [5, 5.41) is 3.15. The Hall–Kier alpha value is -2.37. The van der Waals surface area contributed by atoms with Crippen LogP contribution < -0.4 is 10.1 Å². The molecule has 1 heterocycles. The number of nitrogens with zero attached hydrogens (tertiary/aromatic N) is 2. The van der Waals surface area contributed by atoms with Crippen molar-refractivity contribution in [3.63, 3.8) is 0 Å². The van der Waals surface area contributed by atoms with E-state index in [9.17, 15) is 4.79 Å². The first-order valence-electron chi connectivity index (χ1n) is 10.4. The largest absolute Gasteiger partial charge is 0.497 e. The smallest absolute Gasteiger partial charge is 0.234 e. The molecule has 0 saturated carbocycles. The first-order chi connectivity index (χ1) is 13.9. The lowest BCUT2D eigenvalue weighted by molar-refractivity contribution is -0.123. The molecule has 1 atom stereocenters. The second-order valence-electron chi connectivity index (χ2n) is 8.03. The maximum Gasteiger partial charge on any atom is 0.234 e. The molecule has 0 aromatic heterocycles. The molecule has 2 aromatic rings. The normalized spacial score (nSPS) is 16.4. The molecule has 1 aliphatic rings. The molecule has 0 aliphatic carbocycles. The molecule has 29 heavy (non-hydrogen) atoms. The lowest BCUT2D eigenvalue weighted by Gasteiger charge is -2.34. The standard InChI is InChI=1S/C24H33N3O2/c1-18-5-8-22(15-19(18)2)20(3)25-24(28)17-27-13-11-26(12-14-27)16-21-6-9-23(29-4)10-7-21/h5-10,15,20H,11-14,16-17H2,1-4H3,(H,25,28)/t20-/m1/s1. The van der Waals surface area contributed by atoms with Crippen LogP contribution in [-0.2, 0) is 11.3 Å². The number of benzene rings is 2. The maximum atomic E-state index is 12.5. The Morgan fingerprint density at radius 2 is 1.66 bits per heavy atom. The first-order valence-corrected chi connectivity index (χ1v) is 10.4. The molecule has 1 fully saturated rings.